The van der Waals surface area contributed by atoms with Crippen molar-refractivity contribution in [2.75, 3.05) is 13.6 Å². The van der Waals surface area contributed by atoms with E-state index in [1.807, 2.05) is 66.0 Å². The average molecular weight is 349 g/mol. The van der Waals surface area contributed by atoms with Gasteiger partial charge in [-0.25, -0.2) is 4.98 Å². The van der Waals surface area contributed by atoms with Gasteiger partial charge >= 0.3 is 0 Å². The van der Waals surface area contributed by atoms with E-state index < -0.39 is 0 Å². The lowest BCUT2D eigenvalue weighted by molar-refractivity contribution is -0.122. The van der Waals surface area contributed by atoms with E-state index in [4.69, 9.17) is 0 Å². The summed E-state index contributed by atoms with van der Waals surface area (Å²) in [6, 6.07) is 12.0. The fraction of sp³-hybridized carbons (Fsp3) is 0.250. The molecule has 0 aliphatic carbocycles. The second-order valence-corrected chi connectivity index (χ2v) is 6.32. The minimum atomic E-state index is 0.0103. The van der Waals surface area contributed by atoms with Crippen LogP contribution in [0.5, 0.6) is 0 Å². The van der Waals surface area contributed by atoms with Crippen LogP contribution < -0.4 is 5.32 Å². The molecular weight excluding hydrogens is 326 g/mol. The molecule has 0 aliphatic heterocycles. The number of hydrogen-bond donors (Lipinski definition) is 1. The van der Waals surface area contributed by atoms with Gasteiger partial charge in [0, 0.05) is 43.6 Å². The Balaban J connectivity index is 1.47. The van der Waals surface area contributed by atoms with Gasteiger partial charge < -0.3 is 9.88 Å². The summed E-state index contributed by atoms with van der Waals surface area (Å²) in [5.74, 6) is 0.958. The predicted octanol–water partition coefficient (Wildman–Crippen LogP) is 2.32. The first kappa shape index (κ1) is 17.8. The van der Waals surface area contributed by atoms with Crippen molar-refractivity contribution >= 4 is 5.91 Å². The van der Waals surface area contributed by atoms with Crippen molar-refractivity contribution in [2.45, 2.75) is 20.0 Å². The van der Waals surface area contributed by atoms with E-state index in [9.17, 15) is 4.79 Å². The molecule has 2 heterocycles. The van der Waals surface area contributed by atoms with Gasteiger partial charge in [0.15, 0.2) is 0 Å². The fourth-order valence-electron chi connectivity index (χ4n) is 2.78. The van der Waals surface area contributed by atoms with E-state index in [1.54, 1.807) is 18.6 Å². The number of likely N-dealkylation sites (N-methyl/N-ethyl adjacent to an activating group) is 1. The number of carbonyl (C=O) groups excluding carboxylic acids is 1. The third-order valence-corrected chi connectivity index (χ3v) is 4.15. The van der Waals surface area contributed by atoms with Gasteiger partial charge in [0.1, 0.15) is 5.82 Å². The monoisotopic (exact) mass is 349 g/mol. The second kappa shape index (κ2) is 8.40. The van der Waals surface area contributed by atoms with Crippen LogP contribution in [-0.2, 0) is 17.9 Å². The third-order valence-electron chi connectivity index (χ3n) is 4.15. The molecule has 0 radical (unpaired) electrons. The molecule has 0 fully saturated rings. The lowest BCUT2D eigenvalue weighted by Gasteiger charge is -2.16. The molecule has 6 nitrogen and oxygen atoms in total. The van der Waals surface area contributed by atoms with Crippen molar-refractivity contribution in [3.05, 3.63) is 78.1 Å². The molecule has 6 heteroatoms. The number of aryl methyl sites for hydroxylation is 1. The van der Waals surface area contributed by atoms with E-state index in [1.165, 1.54) is 0 Å². The third kappa shape index (κ3) is 4.77. The molecular formula is C20H23N5O. The minimum absolute atomic E-state index is 0.0103. The van der Waals surface area contributed by atoms with Gasteiger partial charge in [-0.1, -0.05) is 12.1 Å². The second-order valence-electron chi connectivity index (χ2n) is 6.32. The number of nitrogens with zero attached hydrogens (tertiary/aromatic N) is 4. The molecule has 1 aromatic carbocycles. The number of nitrogens with one attached hydrogen (secondary N) is 1. The van der Waals surface area contributed by atoms with Crippen LogP contribution in [-0.4, -0.2) is 38.9 Å². The highest BCUT2D eigenvalue weighted by Gasteiger charge is 2.07. The first-order valence-electron chi connectivity index (χ1n) is 8.55. The van der Waals surface area contributed by atoms with E-state index in [-0.39, 0.29) is 5.91 Å². The van der Waals surface area contributed by atoms with Gasteiger partial charge in [0.05, 0.1) is 6.54 Å². The van der Waals surface area contributed by atoms with Crippen molar-refractivity contribution in [3.8, 4) is 5.69 Å². The SMILES string of the molecule is Cc1nccn1-c1ccc(CNC(=O)CN(C)Cc2ccncc2)cc1. The molecule has 3 rings (SSSR count). The first-order chi connectivity index (χ1) is 12.6. The molecule has 1 N–H and O–H groups in total. The van der Waals surface area contributed by atoms with Crippen molar-refractivity contribution < 1.29 is 4.79 Å². The highest BCUT2D eigenvalue weighted by atomic mass is 16.2. The Hall–Kier alpha value is -2.99. The van der Waals surface area contributed by atoms with Crippen LogP contribution >= 0.6 is 0 Å². The van der Waals surface area contributed by atoms with E-state index in [0.29, 0.717) is 13.1 Å². The highest BCUT2D eigenvalue weighted by Crippen LogP contribution is 2.11. The number of rotatable bonds is 7. The van der Waals surface area contributed by atoms with Gasteiger partial charge in [0.25, 0.3) is 0 Å². The summed E-state index contributed by atoms with van der Waals surface area (Å²) >= 11 is 0. The van der Waals surface area contributed by atoms with Crippen LogP contribution in [0.3, 0.4) is 0 Å². The maximum Gasteiger partial charge on any atom is 0.234 e. The summed E-state index contributed by atoms with van der Waals surface area (Å²) in [4.78, 5) is 22.4. The summed E-state index contributed by atoms with van der Waals surface area (Å²) in [6.07, 6.45) is 7.24. The number of aromatic nitrogens is 3. The summed E-state index contributed by atoms with van der Waals surface area (Å²) < 4.78 is 2.02. The molecule has 0 saturated carbocycles. The fourth-order valence-corrected chi connectivity index (χ4v) is 2.78. The molecule has 0 bridgehead atoms. The van der Waals surface area contributed by atoms with Crippen LogP contribution in [0.2, 0.25) is 0 Å². The maximum absolute atomic E-state index is 12.1. The predicted molar refractivity (Wildman–Crippen MR) is 101 cm³/mol. The van der Waals surface area contributed by atoms with Crippen molar-refractivity contribution in [2.24, 2.45) is 0 Å². The van der Waals surface area contributed by atoms with Crippen molar-refractivity contribution in [1.82, 2.24) is 24.8 Å². The topological polar surface area (TPSA) is 63.1 Å². The van der Waals surface area contributed by atoms with Gasteiger partial charge in [-0.05, 0) is 49.4 Å². The van der Waals surface area contributed by atoms with Crippen LogP contribution in [0.4, 0.5) is 0 Å². The molecule has 1 amide bonds. The van der Waals surface area contributed by atoms with Gasteiger partial charge in [-0.15, -0.1) is 0 Å². The molecule has 0 atom stereocenters. The molecule has 26 heavy (non-hydrogen) atoms. The van der Waals surface area contributed by atoms with Crippen molar-refractivity contribution in [1.29, 1.82) is 0 Å². The number of benzene rings is 1. The number of hydrogen-bond acceptors (Lipinski definition) is 4. The smallest absolute Gasteiger partial charge is 0.234 e. The lowest BCUT2D eigenvalue weighted by atomic mass is 10.2. The Bertz CT molecular complexity index is 842. The van der Waals surface area contributed by atoms with Gasteiger partial charge in [-0.3, -0.25) is 14.7 Å². The number of amides is 1. The number of carbonyl (C=O) groups is 1. The van der Waals surface area contributed by atoms with E-state index in [2.05, 4.69) is 15.3 Å². The zero-order valence-corrected chi connectivity index (χ0v) is 15.1. The highest BCUT2D eigenvalue weighted by molar-refractivity contribution is 5.77. The summed E-state index contributed by atoms with van der Waals surface area (Å²) in [5, 5.41) is 2.97. The van der Waals surface area contributed by atoms with Crippen LogP contribution in [0.15, 0.2) is 61.2 Å². The van der Waals surface area contributed by atoms with E-state index in [0.717, 1.165) is 29.2 Å². The maximum atomic E-state index is 12.1. The normalized spacial score (nSPS) is 10.9. The lowest BCUT2D eigenvalue weighted by Crippen LogP contribution is -2.34. The van der Waals surface area contributed by atoms with Gasteiger partial charge in [0.2, 0.25) is 5.91 Å². The zero-order valence-electron chi connectivity index (χ0n) is 15.1. The van der Waals surface area contributed by atoms with E-state index >= 15 is 0 Å². The quantitative estimate of drug-likeness (QED) is 0.711. The number of imidazole rings is 1. The summed E-state index contributed by atoms with van der Waals surface area (Å²) in [6.45, 7) is 3.56. The van der Waals surface area contributed by atoms with Gasteiger partial charge in [-0.2, -0.15) is 0 Å². The molecule has 3 aromatic rings. The molecule has 0 spiro atoms. The zero-order chi connectivity index (χ0) is 18.4. The van der Waals surface area contributed by atoms with Crippen LogP contribution in [0, 0.1) is 6.92 Å². The Morgan fingerprint density at radius 2 is 1.81 bits per heavy atom. The summed E-state index contributed by atoms with van der Waals surface area (Å²) in [5.41, 5.74) is 3.27. The summed E-state index contributed by atoms with van der Waals surface area (Å²) in [7, 11) is 1.93. The molecule has 134 valence electrons. The Morgan fingerprint density at radius 3 is 2.46 bits per heavy atom. The average Bonchev–Trinajstić information content (AvgIpc) is 3.07. The Kier molecular flexibility index (Phi) is 5.76. The largest absolute Gasteiger partial charge is 0.351 e. The molecule has 0 unspecified atom stereocenters. The van der Waals surface area contributed by atoms with Crippen LogP contribution in [0.25, 0.3) is 5.69 Å². The number of pyridine rings is 1. The Morgan fingerprint density at radius 1 is 1.08 bits per heavy atom. The van der Waals surface area contributed by atoms with Crippen LogP contribution in [0.1, 0.15) is 17.0 Å². The Labute approximate surface area is 153 Å². The molecule has 0 saturated heterocycles. The first-order valence-corrected chi connectivity index (χ1v) is 8.55. The molecule has 2 aromatic heterocycles. The standard InChI is InChI=1S/C20H23N5O/c1-16-22-11-12-25(16)19-5-3-17(4-6-19)13-23-20(26)15-24(2)14-18-7-9-21-10-8-18/h3-12H,13-15H2,1-2H3,(H,23,26). The molecule has 0 aliphatic rings. The minimum Gasteiger partial charge on any atom is -0.351 e. The van der Waals surface area contributed by atoms with Crippen molar-refractivity contribution in [3.63, 3.8) is 0 Å².